The maximum Gasteiger partial charge on any atom is 0.116 e. The second kappa shape index (κ2) is 4.87. The summed E-state index contributed by atoms with van der Waals surface area (Å²) in [6, 6.07) is 0. The molecule has 4 unspecified atom stereocenters. The minimum Gasteiger partial charge on any atom is -0.306 e. The highest BCUT2D eigenvalue weighted by molar-refractivity contribution is 4.97. The summed E-state index contributed by atoms with van der Waals surface area (Å²) in [6.07, 6.45) is 3.91. The standard InChI is InChI=1S/C15H28FN/c1-5-15(16)6-7-17(4)10-13(15)8-12-9-14(12)11(2)3/h11-14H,5-10H2,1-4H3. The lowest BCUT2D eigenvalue weighted by atomic mass is 9.77. The molecular weight excluding hydrogens is 213 g/mol. The van der Waals surface area contributed by atoms with Crippen LogP contribution in [0.3, 0.4) is 0 Å². The van der Waals surface area contributed by atoms with Crippen LogP contribution in [0.25, 0.3) is 0 Å². The topological polar surface area (TPSA) is 3.24 Å². The Hall–Kier alpha value is -0.110. The molecule has 1 aliphatic carbocycles. The third-order valence-electron chi connectivity index (χ3n) is 5.18. The van der Waals surface area contributed by atoms with E-state index in [1.165, 1.54) is 6.42 Å². The molecule has 4 atom stereocenters. The van der Waals surface area contributed by atoms with E-state index in [4.69, 9.17) is 0 Å². The van der Waals surface area contributed by atoms with E-state index in [0.29, 0.717) is 6.42 Å². The molecule has 100 valence electrons. The predicted octanol–water partition coefficient (Wildman–Crippen LogP) is 3.74. The van der Waals surface area contributed by atoms with E-state index in [1.54, 1.807) is 0 Å². The van der Waals surface area contributed by atoms with Gasteiger partial charge in [-0.25, -0.2) is 4.39 Å². The fourth-order valence-corrected chi connectivity index (χ4v) is 3.69. The summed E-state index contributed by atoms with van der Waals surface area (Å²) in [6.45, 7) is 8.52. The molecule has 0 N–H and O–H groups in total. The Labute approximate surface area is 106 Å². The van der Waals surface area contributed by atoms with Gasteiger partial charge in [-0.05, 0) is 50.5 Å². The second-order valence-corrected chi connectivity index (χ2v) is 6.74. The Morgan fingerprint density at radius 2 is 2.12 bits per heavy atom. The van der Waals surface area contributed by atoms with Gasteiger partial charge in [0.1, 0.15) is 5.67 Å². The van der Waals surface area contributed by atoms with Crippen LogP contribution in [0.4, 0.5) is 4.39 Å². The highest BCUT2D eigenvalue weighted by Crippen LogP contribution is 2.51. The minimum atomic E-state index is -0.878. The summed E-state index contributed by atoms with van der Waals surface area (Å²) in [5.74, 6) is 2.76. The molecule has 2 aliphatic rings. The van der Waals surface area contributed by atoms with Crippen LogP contribution in [-0.4, -0.2) is 30.7 Å². The lowest BCUT2D eigenvalue weighted by molar-refractivity contribution is -0.00512. The van der Waals surface area contributed by atoms with Gasteiger partial charge < -0.3 is 4.90 Å². The molecule has 1 nitrogen and oxygen atoms in total. The lowest BCUT2D eigenvalue weighted by Gasteiger charge is -2.41. The lowest BCUT2D eigenvalue weighted by Crippen LogP contribution is -2.47. The van der Waals surface area contributed by atoms with Gasteiger partial charge in [-0.3, -0.25) is 0 Å². The van der Waals surface area contributed by atoms with Gasteiger partial charge in [0.05, 0.1) is 0 Å². The van der Waals surface area contributed by atoms with Gasteiger partial charge in [0.15, 0.2) is 0 Å². The molecule has 0 aromatic rings. The molecule has 2 fully saturated rings. The number of halogens is 1. The largest absolute Gasteiger partial charge is 0.306 e. The molecule has 0 amide bonds. The van der Waals surface area contributed by atoms with E-state index in [1.807, 2.05) is 6.92 Å². The molecule has 0 bridgehead atoms. The molecule has 0 aromatic carbocycles. The van der Waals surface area contributed by atoms with Crippen LogP contribution in [-0.2, 0) is 0 Å². The number of rotatable bonds is 4. The average molecular weight is 241 g/mol. The fraction of sp³-hybridized carbons (Fsp3) is 1.00. The van der Waals surface area contributed by atoms with E-state index in [2.05, 4.69) is 25.8 Å². The summed E-state index contributed by atoms with van der Waals surface area (Å²) in [5, 5.41) is 0. The molecule has 1 saturated heterocycles. The van der Waals surface area contributed by atoms with Crippen LogP contribution in [0.1, 0.15) is 46.5 Å². The molecular formula is C15H28FN. The first-order valence-corrected chi connectivity index (χ1v) is 7.33. The van der Waals surface area contributed by atoms with Crippen molar-refractivity contribution in [3.63, 3.8) is 0 Å². The number of piperidine rings is 1. The van der Waals surface area contributed by atoms with Gasteiger partial charge in [-0.15, -0.1) is 0 Å². The summed E-state index contributed by atoms with van der Waals surface area (Å²) in [5.41, 5.74) is -0.878. The molecule has 2 rings (SSSR count). The highest BCUT2D eigenvalue weighted by atomic mass is 19.1. The van der Waals surface area contributed by atoms with E-state index >= 15 is 0 Å². The number of nitrogens with zero attached hydrogens (tertiary/aromatic N) is 1. The van der Waals surface area contributed by atoms with Crippen LogP contribution >= 0.6 is 0 Å². The van der Waals surface area contributed by atoms with Crippen molar-refractivity contribution < 1.29 is 4.39 Å². The zero-order valence-electron chi connectivity index (χ0n) is 11.9. The summed E-state index contributed by atoms with van der Waals surface area (Å²) < 4.78 is 14.8. The molecule has 17 heavy (non-hydrogen) atoms. The summed E-state index contributed by atoms with van der Waals surface area (Å²) >= 11 is 0. The van der Waals surface area contributed by atoms with Crippen LogP contribution in [0.5, 0.6) is 0 Å². The minimum absolute atomic E-state index is 0.278. The van der Waals surface area contributed by atoms with Crippen LogP contribution in [0, 0.1) is 23.7 Å². The SMILES string of the molecule is CCC1(F)CCN(C)CC1CC1CC1C(C)C. The quantitative estimate of drug-likeness (QED) is 0.725. The first kappa shape index (κ1) is 13.3. The van der Waals surface area contributed by atoms with Crippen molar-refractivity contribution in [2.24, 2.45) is 23.7 Å². The summed E-state index contributed by atoms with van der Waals surface area (Å²) in [4.78, 5) is 2.31. The van der Waals surface area contributed by atoms with Crippen molar-refractivity contribution in [2.45, 2.75) is 52.1 Å². The van der Waals surface area contributed by atoms with Crippen LogP contribution in [0.2, 0.25) is 0 Å². The molecule has 0 radical (unpaired) electrons. The van der Waals surface area contributed by atoms with Crippen molar-refractivity contribution in [1.29, 1.82) is 0 Å². The van der Waals surface area contributed by atoms with Crippen LogP contribution < -0.4 is 0 Å². The van der Waals surface area contributed by atoms with Gasteiger partial charge in [-0.1, -0.05) is 20.8 Å². The van der Waals surface area contributed by atoms with E-state index in [9.17, 15) is 4.39 Å². The smallest absolute Gasteiger partial charge is 0.116 e. The van der Waals surface area contributed by atoms with Crippen molar-refractivity contribution >= 4 is 0 Å². The Kier molecular flexibility index (Phi) is 3.82. The number of alkyl halides is 1. The number of likely N-dealkylation sites (tertiary alicyclic amines) is 1. The van der Waals surface area contributed by atoms with Gasteiger partial charge in [-0.2, -0.15) is 0 Å². The first-order chi connectivity index (χ1) is 7.96. The maximum atomic E-state index is 14.8. The molecule has 2 heteroatoms. The Morgan fingerprint density at radius 1 is 1.41 bits per heavy atom. The van der Waals surface area contributed by atoms with E-state index in [0.717, 1.165) is 43.7 Å². The molecule has 1 heterocycles. The van der Waals surface area contributed by atoms with E-state index in [-0.39, 0.29) is 5.92 Å². The molecule has 0 spiro atoms. The Bertz CT molecular complexity index is 266. The predicted molar refractivity (Wildman–Crippen MR) is 70.8 cm³/mol. The van der Waals surface area contributed by atoms with Gasteiger partial charge in [0.2, 0.25) is 0 Å². The third kappa shape index (κ3) is 2.83. The zero-order chi connectivity index (χ0) is 12.6. The zero-order valence-corrected chi connectivity index (χ0v) is 11.9. The van der Waals surface area contributed by atoms with E-state index < -0.39 is 5.67 Å². The first-order valence-electron chi connectivity index (χ1n) is 7.33. The van der Waals surface area contributed by atoms with Crippen molar-refractivity contribution in [2.75, 3.05) is 20.1 Å². The Balaban J connectivity index is 1.93. The van der Waals surface area contributed by atoms with Gasteiger partial charge in [0.25, 0.3) is 0 Å². The fourth-order valence-electron chi connectivity index (χ4n) is 3.69. The van der Waals surface area contributed by atoms with Gasteiger partial charge >= 0.3 is 0 Å². The van der Waals surface area contributed by atoms with Crippen molar-refractivity contribution in [1.82, 2.24) is 4.90 Å². The normalized spacial score (nSPS) is 43.1. The Morgan fingerprint density at radius 3 is 2.65 bits per heavy atom. The molecule has 0 aromatic heterocycles. The highest BCUT2D eigenvalue weighted by Gasteiger charge is 2.47. The number of hydrogen-bond acceptors (Lipinski definition) is 1. The van der Waals surface area contributed by atoms with Crippen molar-refractivity contribution in [3.8, 4) is 0 Å². The van der Waals surface area contributed by atoms with Gasteiger partial charge in [0, 0.05) is 19.0 Å². The van der Waals surface area contributed by atoms with Crippen molar-refractivity contribution in [3.05, 3.63) is 0 Å². The summed E-state index contributed by atoms with van der Waals surface area (Å²) in [7, 11) is 2.13. The molecule has 1 saturated carbocycles. The van der Waals surface area contributed by atoms with Crippen LogP contribution in [0.15, 0.2) is 0 Å². The number of hydrogen-bond donors (Lipinski definition) is 0. The monoisotopic (exact) mass is 241 g/mol. The average Bonchev–Trinajstić information content (AvgIpc) is 3.03. The molecule has 1 aliphatic heterocycles. The maximum absolute atomic E-state index is 14.8. The third-order valence-corrected chi connectivity index (χ3v) is 5.18. The second-order valence-electron chi connectivity index (χ2n) is 6.74.